The molecule has 1 aromatic heterocycles. The number of nitrogens with zero attached hydrogens (tertiary/aromatic N) is 2. The lowest BCUT2D eigenvalue weighted by molar-refractivity contribution is 0.333. The molecule has 13 heavy (non-hydrogen) atoms. The van der Waals surface area contributed by atoms with Crippen LogP contribution in [0.15, 0.2) is 12.4 Å². The molecule has 0 aliphatic rings. The summed E-state index contributed by atoms with van der Waals surface area (Å²) in [7, 11) is 0. The van der Waals surface area contributed by atoms with Gasteiger partial charge in [-0.15, -0.1) is 0 Å². The molecule has 0 N–H and O–H groups in total. The quantitative estimate of drug-likeness (QED) is 0.692. The summed E-state index contributed by atoms with van der Waals surface area (Å²) >= 11 is 5.77. The molecule has 0 aliphatic heterocycles. The zero-order valence-corrected chi connectivity index (χ0v) is 9.26. The molecule has 0 spiro atoms. The molecule has 0 saturated carbocycles. The number of hydrogen-bond donors (Lipinski definition) is 0. The van der Waals surface area contributed by atoms with E-state index in [9.17, 15) is 0 Å². The third kappa shape index (κ3) is 2.66. The van der Waals surface area contributed by atoms with Gasteiger partial charge in [-0.2, -0.15) is 0 Å². The van der Waals surface area contributed by atoms with E-state index in [1.807, 2.05) is 0 Å². The van der Waals surface area contributed by atoms with Crippen molar-refractivity contribution in [2.45, 2.75) is 33.6 Å². The van der Waals surface area contributed by atoms with Gasteiger partial charge in [-0.1, -0.05) is 39.3 Å². The fourth-order valence-electron chi connectivity index (χ4n) is 1.01. The summed E-state index contributed by atoms with van der Waals surface area (Å²) in [5.74, 6) is 0.360. The standard InChI is InChI=1S/C10H15ClN2/c1-7(10(2,3)4)8-5-12-6-9(11)13-8/h5-7H,1-4H3. The van der Waals surface area contributed by atoms with Crippen molar-refractivity contribution in [3.8, 4) is 0 Å². The third-order valence-corrected chi connectivity index (χ3v) is 2.55. The summed E-state index contributed by atoms with van der Waals surface area (Å²) in [4.78, 5) is 8.27. The molecule has 1 heterocycles. The fourth-order valence-corrected chi connectivity index (χ4v) is 1.16. The van der Waals surface area contributed by atoms with Gasteiger partial charge in [0.05, 0.1) is 11.9 Å². The zero-order valence-electron chi connectivity index (χ0n) is 8.50. The predicted molar refractivity (Wildman–Crippen MR) is 54.9 cm³/mol. The van der Waals surface area contributed by atoms with Crippen LogP contribution in [0.25, 0.3) is 0 Å². The van der Waals surface area contributed by atoms with Crippen molar-refractivity contribution in [2.24, 2.45) is 5.41 Å². The average molecular weight is 199 g/mol. The molecule has 1 atom stereocenters. The Balaban J connectivity index is 2.96. The molecule has 72 valence electrons. The monoisotopic (exact) mass is 198 g/mol. The minimum absolute atomic E-state index is 0.194. The van der Waals surface area contributed by atoms with E-state index in [4.69, 9.17) is 11.6 Å². The van der Waals surface area contributed by atoms with Crippen LogP contribution in [-0.2, 0) is 0 Å². The Bertz CT molecular complexity index is 291. The Labute approximate surface area is 84.4 Å². The first-order valence-electron chi connectivity index (χ1n) is 4.38. The Morgan fingerprint density at radius 3 is 2.38 bits per heavy atom. The predicted octanol–water partition coefficient (Wildman–Crippen LogP) is 3.28. The third-order valence-electron chi connectivity index (χ3n) is 2.37. The largest absolute Gasteiger partial charge is 0.260 e. The summed E-state index contributed by atoms with van der Waals surface area (Å²) in [5, 5.41) is 0.466. The lowest BCUT2D eigenvalue weighted by atomic mass is 9.80. The second kappa shape index (κ2) is 3.62. The molecule has 0 bridgehead atoms. The van der Waals surface area contributed by atoms with Gasteiger partial charge in [0.2, 0.25) is 0 Å². The van der Waals surface area contributed by atoms with Crippen LogP contribution in [0.2, 0.25) is 5.15 Å². The number of hydrogen-bond acceptors (Lipinski definition) is 2. The fraction of sp³-hybridized carbons (Fsp3) is 0.600. The van der Waals surface area contributed by atoms with Crippen molar-refractivity contribution in [1.29, 1.82) is 0 Å². The Morgan fingerprint density at radius 1 is 1.31 bits per heavy atom. The molecular formula is C10H15ClN2. The maximum Gasteiger partial charge on any atom is 0.147 e. The molecule has 0 fully saturated rings. The summed E-state index contributed by atoms with van der Waals surface area (Å²) in [6.07, 6.45) is 3.34. The molecule has 3 heteroatoms. The van der Waals surface area contributed by atoms with Crippen molar-refractivity contribution in [3.63, 3.8) is 0 Å². The summed E-state index contributed by atoms with van der Waals surface area (Å²) in [5.41, 5.74) is 1.15. The summed E-state index contributed by atoms with van der Waals surface area (Å²) < 4.78 is 0. The maximum absolute atomic E-state index is 5.77. The number of aromatic nitrogens is 2. The Hall–Kier alpha value is -0.630. The molecule has 1 aromatic rings. The van der Waals surface area contributed by atoms with E-state index in [1.165, 1.54) is 0 Å². The van der Waals surface area contributed by atoms with Crippen molar-refractivity contribution in [3.05, 3.63) is 23.2 Å². The van der Waals surface area contributed by atoms with Gasteiger partial charge in [-0.05, 0) is 5.41 Å². The lowest BCUT2D eigenvalue weighted by Crippen LogP contribution is -2.16. The average Bonchev–Trinajstić information content (AvgIpc) is 2.01. The van der Waals surface area contributed by atoms with Gasteiger partial charge in [0.25, 0.3) is 0 Å². The highest BCUT2D eigenvalue weighted by atomic mass is 35.5. The lowest BCUT2D eigenvalue weighted by Gasteiger charge is -2.26. The Kier molecular flexibility index (Phi) is 2.91. The van der Waals surface area contributed by atoms with Crippen LogP contribution < -0.4 is 0 Å². The van der Waals surface area contributed by atoms with Crippen LogP contribution in [-0.4, -0.2) is 9.97 Å². The summed E-state index contributed by atoms with van der Waals surface area (Å²) in [6, 6.07) is 0. The first-order chi connectivity index (χ1) is 5.91. The summed E-state index contributed by atoms with van der Waals surface area (Å²) in [6.45, 7) is 8.68. The molecule has 0 amide bonds. The van der Waals surface area contributed by atoms with Crippen molar-refractivity contribution in [2.75, 3.05) is 0 Å². The van der Waals surface area contributed by atoms with E-state index in [0.29, 0.717) is 11.1 Å². The van der Waals surface area contributed by atoms with Crippen LogP contribution in [0.4, 0.5) is 0 Å². The molecule has 0 saturated heterocycles. The van der Waals surface area contributed by atoms with E-state index in [-0.39, 0.29) is 5.41 Å². The SMILES string of the molecule is CC(c1cncc(Cl)n1)C(C)(C)C. The van der Waals surface area contributed by atoms with Gasteiger partial charge in [0.1, 0.15) is 5.15 Å². The zero-order chi connectivity index (χ0) is 10.1. The van der Waals surface area contributed by atoms with Gasteiger partial charge in [0.15, 0.2) is 0 Å². The Morgan fingerprint density at radius 2 is 1.92 bits per heavy atom. The van der Waals surface area contributed by atoms with Crippen LogP contribution in [0.3, 0.4) is 0 Å². The minimum Gasteiger partial charge on any atom is -0.260 e. The highest BCUT2D eigenvalue weighted by molar-refractivity contribution is 6.29. The van der Waals surface area contributed by atoms with Gasteiger partial charge < -0.3 is 0 Å². The topological polar surface area (TPSA) is 25.8 Å². The highest BCUT2D eigenvalue weighted by Crippen LogP contribution is 2.33. The van der Waals surface area contributed by atoms with Gasteiger partial charge >= 0.3 is 0 Å². The van der Waals surface area contributed by atoms with Crippen LogP contribution >= 0.6 is 11.6 Å². The van der Waals surface area contributed by atoms with E-state index < -0.39 is 0 Å². The van der Waals surface area contributed by atoms with Gasteiger partial charge in [-0.25, -0.2) is 4.98 Å². The first-order valence-corrected chi connectivity index (χ1v) is 4.76. The first kappa shape index (κ1) is 10.5. The van der Waals surface area contributed by atoms with E-state index in [1.54, 1.807) is 12.4 Å². The van der Waals surface area contributed by atoms with E-state index >= 15 is 0 Å². The van der Waals surface area contributed by atoms with Crippen LogP contribution in [0, 0.1) is 5.41 Å². The maximum atomic E-state index is 5.77. The molecular weight excluding hydrogens is 184 g/mol. The second-order valence-corrected chi connectivity index (χ2v) is 4.74. The van der Waals surface area contributed by atoms with Crippen molar-refractivity contribution >= 4 is 11.6 Å². The van der Waals surface area contributed by atoms with Gasteiger partial charge in [-0.3, -0.25) is 4.98 Å². The molecule has 1 rings (SSSR count). The van der Waals surface area contributed by atoms with E-state index in [2.05, 4.69) is 37.7 Å². The minimum atomic E-state index is 0.194. The van der Waals surface area contributed by atoms with Crippen LogP contribution in [0.1, 0.15) is 39.3 Å². The highest BCUT2D eigenvalue weighted by Gasteiger charge is 2.23. The molecule has 0 radical (unpaired) electrons. The molecule has 1 unspecified atom stereocenters. The smallest absolute Gasteiger partial charge is 0.147 e. The molecule has 0 aromatic carbocycles. The normalized spacial score (nSPS) is 14.2. The number of rotatable bonds is 1. The van der Waals surface area contributed by atoms with Gasteiger partial charge in [0, 0.05) is 12.1 Å². The molecule has 0 aliphatic carbocycles. The van der Waals surface area contributed by atoms with E-state index in [0.717, 1.165) is 5.69 Å². The second-order valence-electron chi connectivity index (χ2n) is 4.35. The van der Waals surface area contributed by atoms with Crippen LogP contribution in [0.5, 0.6) is 0 Å². The molecule has 2 nitrogen and oxygen atoms in total. The number of halogens is 1. The van der Waals surface area contributed by atoms with Crippen molar-refractivity contribution < 1.29 is 0 Å². The van der Waals surface area contributed by atoms with Crippen molar-refractivity contribution in [1.82, 2.24) is 9.97 Å².